The number of para-hydroxylation sites is 2. The van der Waals surface area contributed by atoms with Gasteiger partial charge in [-0.15, -0.1) is 4.40 Å². The van der Waals surface area contributed by atoms with Gasteiger partial charge in [0.1, 0.15) is 16.9 Å². The molecule has 2 aromatic heterocycles. The van der Waals surface area contributed by atoms with Gasteiger partial charge < -0.3 is 9.84 Å². The van der Waals surface area contributed by atoms with E-state index in [9.17, 15) is 9.59 Å². The average molecular weight is 429 g/mol. The number of carbonyl (C=O) groups is 1. The van der Waals surface area contributed by atoms with Crippen molar-refractivity contribution in [1.29, 1.82) is 0 Å². The van der Waals surface area contributed by atoms with E-state index >= 15 is 0 Å². The molecule has 3 aromatic carbocycles. The number of thiazole rings is 1. The first-order valence-corrected chi connectivity index (χ1v) is 10.4. The van der Waals surface area contributed by atoms with Crippen molar-refractivity contribution in [3.63, 3.8) is 0 Å². The lowest BCUT2D eigenvalue weighted by Gasteiger charge is -2.07. The molecule has 31 heavy (non-hydrogen) atoms. The van der Waals surface area contributed by atoms with E-state index in [0.29, 0.717) is 16.9 Å². The number of hydrogen-bond donors (Lipinski definition) is 1. The van der Waals surface area contributed by atoms with E-state index in [2.05, 4.69) is 4.98 Å². The smallest absolute Gasteiger partial charge is 0.357 e. The second-order valence-electron chi connectivity index (χ2n) is 7.06. The van der Waals surface area contributed by atoms with Crippen LogP contribution in [-0.2, 0) is 6.61 Å². The van der Waals surface area contributed by atoms with Crippen LogP contribution in [0.2, 0.25) is 0 Å². The number of aromatic nitrogens is 2. The fourth-order valence-corrected chi connectivity index (χ4v) is 4.41. The molecular formula is C24H17N2O4S+. The molecule has 0 spiro atoms. The van der Waals surface area contributed by atoms with Crippen molar-refractivity contribution in [2.24, 2.45) is 0 Å². The summed E-state index contributed by atoms with van der Waals surface area (Å²) in [6, 6.07) is 21.8. The molecular weight excluding hydrogens is 412 g/mol. The van der Waals surface area contributed by atoms with Crippen LogP contribution < -0.4 is 19.8 Å². The van der Waals surface area contributed by atoms with E-state index in [1.165, 1.54) is 11.3 Å². The number of rotatable bonds is 5. The van der Waals surface area contributed by atoms with Gasteiger partial charge in [-0.25, -0.2) is 14.6 Å². The van der Waals surface area contributed by atoms with Gasteiger partial charge in [-0.1, -0.05) is 36.4 Å². The molecule has 0 aliphatic heterocycles. The molecule has 0 aliphatic rings. The number of hydrogen-bond acceptors (Lipinski definition) is 4. The first-order chi connectivity index (χ1) is 15.1. The van der Waals surface area contributed by atoms with Crippen LogP contribution in [0.25, 0.3) is 22.1 Å². The predicted molar refractivity (Wildman–Crippen MR) is 119 cm³/mol. The average Bonchev–Trinajstić information content (AvgIpc) is 3.29. The molecule has 0 unspecified atom stereocenters. The number of nitrogens with zero attached hydrogens (tertiary/aromatic N) is 1. The zero-order valence-electron chi connectivity index (χ0n) is 16.2. The maximum absolute atomic E-state index is 12.9. The summed E-state index contributed by atoms with van der Waals surface area (Å²) in [6.45, 7) is 0.340. The molecule has 0 aliphatic carbocycles. The molecule has 6 nitrogen and oxygen atoms in total. The van der Waals surface area contributed by atoms with Crippen molar-refractivity contribution in [3.8, 4) is 5.75 Å². The van der Waals surface area contributed by atoms with E-state index < -0.39 is 5.97 Å². The van der Waals surface area contributed by atoms with Gasteiger partial charge in [0.05, 0.1) is 5.56 Å². The SMILES string of the molecule is O=C(O)c1ccc(COc2ccc(C=c3sc4[nH+]c5ccccc5n4c3=O)cc2)cc1. The lowest BCUT2D eigenvalue weighted by atomic mass is 10.1. The Hall–Kier alpha value is -3.97. The van der Waals surface area contributed by atoms with Gasteiger partial charge in [-0.3, -0.25) is 0 Å². The van der Waals surface area contributed by atoms with Crippen molar-refractivity contribution in [2.75, 3.05) is 0 Å². The summed E-state index contributed by atoms with van der Waals surface area (Å²) in [6.07, 6.45) is 1.87. The van der Waals surface area contributed by atoms with Gasteiger partial charge in [-0.05, 0) is 64.9 Å². The molecule has 7 heteroatoms. The fraction of sp³-hybridized carbons (Fsp3) is 0.0417. The lowest BCUT2D eigenvalue weighted by molar-refractivity contribution is -0.308. The highest BCUT2D eigenvalue weighted by molar-refractivity contribution is 7.14. The van der Waals surface area contributed by atoms with Crippen LogP contribution in [0.5, 0.6) is 5.75 Å². The number of fused-ring (bicyclic) bond motifs is 3. The fourth-order valence-electron chi connectivity index (χ4n) is 3.40. The first-order valence-electron chi connectivity index (χ1n) is 9.60. The Labute approximate surface area is 180 Å². The molecule has 0 saturated carbocycles. The third-order valence-electron chi connectivity index (χ3n) is 4.99. The highest BCUT2D eigenvalue weighted by Gasteiger charge is 2.17. The summed E-state index contributed by atoms with van der Waals surface area (Å²) in [5.74, 6) is -0.254. The minimum absolute atomic E-state index is 0.0393. The second-order valence-corrected chi connectivity index (χ2v) is 8.09. The molecule has 0 radical (unpaired) electrons. The number of carboxylic acids is 1. The number of ether oxygens (including phenoxy) is 1. The van der Waals surface area contributed by atoms with Gasteiger partial charge in [0, 0.05) is 0 Å². The van der Waals surface area contributed by atoms with Crippen LogP contribution in [0.15, 0.2) is 77.6 Å². The molecule has 2 N–H and O–H groups in total. The molecule has 2 heterocycles. The summed E-state index contributed by atoms with van der Waals surface area (Å²) in [5, 5.41) is 8.95. The van der Waals surface area contributed by atoms with E-state index in [4.69, 9.17) is 9.84 Å². The molecule has 5 aromatic rings. The maximum atomic E-state index is 12.9. The number of aromatic amines is 1. The summed E-state index contributed by atoms with van der Waals surface area (Å²) in [7, 11) is 0. The monoisotopic (exact) mass is 429 g/mol. The van der Waals surface area contributed by atoms with Gasteiger partial charge >= 0.3 is 16.5 Å². The first kappa shape index (κ1) is 19.0. The Balaban J connectivity index is 1.35. The zero-order chi connectivity index (χ0) is 21.4. The number of aromatic carboxylic acids is 1. The standard InChI is InChI=1S/C24H16N2O4S/c27-22-21(31-24-25-19-3-1-2-4-20(19)26(22)24)13-15-7-11-18(12-8-15)30-14-16-5-9-17(10-6-16)23(28)29/h1-13H,14H2,(H,28,29)/p+1. The Morgan fingerprint density at radius 2 is 1.77 bits per heavy atom. The number of H-pyrrole nitrogens is 1. The van der Waals surface area contributed by atoms with Crippen molar-refractivity contribution in [2.45, 2.75) is 6.61 Å². The molecule has 0 amide bonds. The number of benzene rings is 3. The third kappa shape index (κ3) is 3.67. The van der Waals surface area contributed by atoms with Crippen molar-refractivity contribution in [1.82, 2.24) is 4.40 Å². The van der Waals surface area contributed by atoms with Crippen LogP contribution in [0.1, 0.15) is 21.5 Å². The van der Waals surface area contributed by atoms with Crippen molar-refractivity contribution in [3.05, 3.63) is 104 Å². The molecule has 152 valence electrons. The van der Waals surface area contributed by atoms with Gasteiger partial charge in [0.2, 0.25) is 0 Å². The molecule has 0 saturated heterocycles. The second kappa shape index (κ2) is 7.70. The van der Waals surface area contributed by atoms with Crippen LogP contribution in [-0.4, -0.2) is 15.5 Å². The third-order valence-corrected chi connectivity index (χ3v) is 5.98. The van der Waals surface area contributed by atoms with Crippen LogP contribution >= 0.6 is 11.3 Å². The lowest BCUT2D eigenvalue weighted by Crippen LogP contribution is -2.22. The molecule has 5 rings (SSSR count). The van der Waals surface area contributed by atoms with Gasteiger partial charge in [0.15, 0.2) is 11.0 Å². The van der Waals surface area contributed by atoms with Crippen LogP contribution in [0.4, 0.5) is 0 Å². The summed E-state index contributed by atoms with van der Waals surface area (Å²) in [4.78, 5) is 27.9. The largest absolute Gasteiger partial charge is 0.489 e. The summed E-state index contributed by atoms with van der Waals surface area (Å²) < 4.78 is 8.14. The maximum Gasteiger partial charge on any atom is 0.357 e. The van der Waals surface area contributed by atoms with E-state index in [0.717, 1.165) is 27.1 Å². The number of nitrogens with one attached hydrogen (secondary N) is 1. The predicted octanol–water partition coefficient (Wildman–Crippen LogP) is 3.15. The number of imidazole rings is 1. The molecule has 0 bridgehead atoms. The highest BCUT2D eigenvalue weighted by atomic mass is 32.1. The normalized spacial score (nSPS) is 11.9. The van der Waals surface area contributed by atoms with E-state index in [-0.39, 0.29) is 11.1 Å². The van der Waals surface area contributed by atoms with E-state index in [1.807, 2.05) is 54.6 Å². The van der Waals surface area contributed by atoms with Crippen molar-refractivity contribution >= 4 is 39.4 Å². The topological polar surface area (TPSA) is 82.2 Å². The minimum atomic E-state index is -0.949. The zero-order valence-corrected chi connectivity index (χ0v) is 17.1. The number of carboxylic acid groups (broad SMARTS) is 1. The summed E-state index contributed by atoms with van der Waals surface area (Å²) in [5.41, 5.74) is 3.81. The Morgan fingerprint density at radius 1 is 1.03 bits per heavy atom. The Morgan fingerprint density at radius 3 is 2.52 bits per heavy atom. The summed E-state index contributed by atoms with van der Waals surface area (Å²) >= 11 is 1.43. The molecule has 0 fully saturated rings. The quantitative estimate of drug-likeness (QED) is 0.465. The molecule has 0 atom stereocenters. The van der Waals surface area contributed by atoms with Gasteiger partial charge in [-0.2, -0.15) is 0 Å². The van der Waals surface area contributed by atoms with Crippen LogP contribution in [0.3, 0.4) is 0 Å². The minimum Gasteiger partial charge on any atom is -0.489 e. The Bertz CT molecular complexity index is 1520. The highest BCUT2D eigenvalue weighted by Crippen LogP contribution is 2.16. The van der Waals surface area contributed by atoms with Crippen molar-refractivity contribution < 1.29 is 19.6 Å². The van der Waals surface area contributed by atoms with Crippen LogP contribution in [0, 0.1) is 0 Å². The van der Waals surface area contributed by atoms with E-state index in [1.54, 1.807) is 28.7 Å². The Kier molecular flexibility index (Phi) is 4.72. The van der Waals surface area contributed by atoms with Gasteiger partial charge in [0.25, 0.3) is 0 Å².